The van der Waals surface area contributed by atoms with Crippen LogP contribution in [-0.4, -0.2) is 37.2 Å². The van der Waals surface area contributed by atoms with Crippen LogP contribution in [0.4, 0.5) is 0 Å². The Balaban J connectivity index is 4.48. The largest absolute Gasteiger partial charge is 0.462 e. The van der Waals surface area contributed by atoms with Gasteiger partial charge in [-0.3, -0.25) is 14.4 Å². The predicted molar refractivity (Wildman–Crippen MR) is 307 cm³/mol. The molecule has 0 aromatic heterocycles. The van der Waals surface area contributed by atoms with Gasteiger partial charge in [0.15, 0.2) is 6.10 Å². The molecule has 0 aromatic carbocycles. The van der Waals surface area contributed by atoms with Crippen molar-refractivity contribution in [1.29, 1.82) is 0 Å². The van der Waals surface area contributed by atoms with Crippen molar-refractivity contribution in [3.8, 4) is 0 Å². The summed E-state index contributed by atoms with van der Waals surface area (Å²) in [7, 11) is 0. The Labute approximate surface area is 439 Å². The summed E-state index contributed by atoms with van der Waals surface area (Å²) < 4.78 is 16.8. The number of allylic oxidation sites excluding steroid dienone is 14. The molecule has 0 unspecified atom stereocenters. The van der Waals surface area contributed by atoms with Gasteiger partial charge >= 0.3 is 17.9 Å². The summed E-state index contributed by atoms with van der Waals surface area (Å²) in [5, 5.41) is 0. The van der Waals surface area contributed by atoms with Crippen LogP contribution in [0.1, 0.15) is 290 Å². The molecule has 0 fully saturated rings. The van der Waals surface area contributed by atoms with Gasteiger partial charge in [0.05, 0.1) is 0 Å². The highest BCUT2D eigenvalue weighted by Gasteiger charge is 2.19. The molecule has 0 rings (SSSR count). The molecule has 408 valence electrons. The minimum absolute atomic E-state index is 0.106. The van der Waals surface area contributed by atoms with Crippen LogP contribution in [0.5, 0.6) is 0 Å². The maximum Gasteiger partial charge on any atom is 0.306 e. The molecular weight excluding hydrogens is 877 g/mol. The van der Waals surface area contributed by atoms with E-state index in [0.717, 1.165) is 77.0 Å². The Kier molecular flexibility index (Phi) is 56.3. The van der Waals surface area contributed by atoms with Crippen LogP contribution in [-0.2, 0) is 28.6 Å². The molecule has 6 nitrogen and oxygen atoms in total. The summed E-state index contributed by atoms with van der Waals surface area (Å²) in [6, 6.07) is 0. The molecule has 71 heavy (non-hydrogen) atoms. The highest BCUT2D eigenvalue weighted by atomic mass is 16.6. The fourth-order valence-electron chi connectivity index (χ4n) is 8.41. The quantitative estimate of drug-likeness (QED) is 0.0261. The molecular formula is C65H112O6. The molecule has 0 aliphatic rings. The first-order valence-corrected chi connectivity index (χ1v) is 30.1. The SMILES string of the molecule is CC/C=C\C/C=C\C/C=C\C/C=C\C/C=C\C/C=C\CCC(=O)O[C@H](COC(=O)CCCCCCCCC/C=C\CCCCCCCC)COC(=O)CCCCCCCCCCCCCCCCCCC. The minimum Gasteiger partial charge on any atom is -0.462 e. The Morgan fingerprint density at radius 2 is 0.577 bits per heavy atom. The van der Waals surface area contributed by atoms with Gasteiger partial charge in [0.25, 0.3) is 0 Å². The van der Waals surface area contributed by atoms with Crippen molar-refractivity contribution < 1.29 is 28.6 Å². The second kappa shape index (κ2) is 59.2. The number of carbonyl (C=O) groups is 3. The highest BCUT2D eigenvalue weighted by Crippen LogP contribution is 2.16. The Morgan fingerprint density at radius 3 is 0.915 bits per heavy atom. The molecule has 0 bridgehead atoms. The summed E-state index contributed by atoms with van der Waals surface area (Å²) in [6.07, 6.45) is 77.3. The average molecular weight is 990 g/mol. The lowest BCUT2D eigenvalue weighted by Gasteiger charge is -2.18. The van der Waals surface area contributed by atoms with E-state index < -0.39 is 6.10 Å². The maximum absolute atomic E-state index is 12.8. The summed E-state index contributed by atoms with van der Waals surface area (Å²) in [5.74, 6) is -0.984. The van der Waals surface area contributed by atoms with E-state index in [1.165, 1.54) is 167 Å². The Morgan fingerprint density at radius 1 is 0.296 bits per heavy atom. The Hall–Kier alpha value is -3.41. The molecule has 0 spiro atoms. The monoisotopic (exact) mass is 989 g/mol. The van der Waals surface area contributed by atoms with E-state index in [-0.39, 0.29) is 37.5 Å². The van der Waals surface area contributed by atoms with Crippen LogP contribution in [0.25, 0.3) is 0 Å². The molecule has 0 aliphatic carbocycles. The van der Waals surface area contributed by atoms with Crippen LogP contribution in [0.3, 0.4) is 0 Å². The third-order valence-corrected chi connectivity index (χ3v) is 12.9. The smallest absolute Gasteiger partial charge is 0.306 e. The number of hydrogen-bond donors (Lipinski definition) is 0. The van der Waals surface area contributed by atoms with E-state index in [0.29, 0.717) is 19.3 Å². The summed E-state index contributed by atoms with van der Waals surface area (Å²) >= 11 is 0. The van der Waals surface area contributed by atoms with Gasteiger partial charge < -0.3 is 14.2 Å². The van der Waals surface area contributed by atoms with Crippen LogP contribution in [0, 0.1) is 0 Å². The number of hydrogen-bond acceptors (Lipinski definition) is 6. The van der Waals surface area contributed by atoms with Crippen LogP contribution < -0.4 is 0 Å². The molecule has 0 aromatic rings. The molecule has 0 saturated carbocycles. The number of carbonyl (C=O) groups excluding carboxylic acids is 3. The number of esters is 3. The zero-order valence-corrected chi connectivity index (χ0v) is 46.7. The van der Waals surface area contributed by atoms with E-state index in [9.17, 15) is 14.4 Å². The van der Waals surface area contributed by atoms with Crippen LogP contribution in [0.2, 0.25) is 0 Å². The van der Waals surface area contributed by atoms with Crippen LogP contribution in [0.15, 0.2) is 85.1 Å². The molecule has 0 aliphatic heterocycles. The normalized spacial score (nSPS) is 12.7. The molecule has 6 heteroatoms. The van der Waals surface area contributed by atoms with E-state index in [2.05, 4.69) is 99.8 Å². The summed E-state index contributed by atoms with van der Waals surface area (Å²) in [6.45, 7) is 6.49. The second-order valence-corrected chi connectivity index (χ2v) is 19.9. The van der Waals surface area contributed by atoms with E-state index >= 15 is 0 Å². The summed E-state index contributed by atoms with van der Waals surface area (Å²) in [5.41, 5.74) is 0. The molecule has 0 heterocycles. The first kappa shape index (κ1) is 67.6. The van der Waals surface area contributed by atoms with Gasteiger partial charge in [-0.25, -0.2) is 0 Å². The van der Waals surface area contributed by atoms with Gasteiger partial charge in [0.2, 0.25) is 0 Å². The van der Waals surface area contributed by atoms with Gasteiger partial charge in [0.1, 0.15) is 13.2 Å². The lowest BCUT2D eigenvalue weighted by atomic mass is 10.0. The topological polar surface area (TPSA) is 78.9 Å². The third kappa shape index (κ3) is 57.4. The fraction of sp³-hybridized carbons (Fsp3) is 0.738. The lowest BCUT2D eigenvalue weighted by Crippen LogP contribution is -2.30. The maximum atomic E-state index is 12.8. The molecule has 1 atom stereocenters. The summed E-state index contributed by atoms with van der Waals surface area (Å²) in [4.78, 5) is 38.2. The zero-order chi connectivity index (χ0) is 51.4. The first-order valence-electron chi connectivity index (χ1n) is 30.1. The van der Waals surface area contributed by atoms with Crippen LogP contribution >= 0.6 is 0 Å². The first-order chi connectivity index (χ1) is 35.0. The third-order valence-electron chi connectivity index (χ3n) is 12.9. The predicted octanol–water partition coefficient (Wildman–Crippen LogP) is 20.3. The minimum atomic E-state index is -0.818. The van der Waals surface area contributed by atoms with E-state index in [4.69, 9.17) is 14.2 Å². The van der Waals surface area contributed by atoms with Crippen molar-refractivity contribution in [3.05, 3.63) is 85.1 Å². The van der Waals surface area contributed by atoms with Gasteiger partial charge in [-0.1, -0.05) is 273 Å². The van der Waals surface area contributed by atoms with Crippen molar-refractivity contribution in [2.75, 3.05) is 13.2 Å². The van der Waals surface area contributed by atoms with Crippen molar-refractivity contribution in [2.45, 2.75) is 297 Å². The lowest BCUT2D eigenvalue weighted by molar-refractivity contribution is -0.166. The van der Waals surface area contributed by atoms with Crippen molar-refractivity contribution >= 4 is 17.9 Å². The van der Waals surface area contributed by atoms with Gasteiger partial charge in [-0.2, -0.15) is 0 Å². The Bertz CT molecular complexity index is 1370. The van der Waals surface area contributed by atoms with Gasteiger partial charge in [0, 0.05) is 19.3 Å². The molecule has 0 radical (unpaired) electrons. The number of rotatable bonds is 54. The molecule has 0 N–H and O–H groups in total. The highest BCUT2D eigenvalue weighted by molar-refractivity contribution is 5.71. The number of ether oxygens (including phenoxy) is 3. The van der Waals surface area contributed by atoms with Crippen molar-refractivity contribution in [3.63, 3.8) is 0 Å². The fourth-order valence-corrected chi connectivity index (χ4v) is 8.41. The standard InChI is InChI=1S/C65H112O6/c1-4-7-10-13-16-19-22-25-28-31-32-35-38-41-44-47-50-53-56-59-65(68)71-62(60-69-63(66)57-54-51-48-45-42-39-36-33-29-26-23-20-17-14-11-8-5-2)61-70-64(67)58-55-52-49-46-43-40-37-34-30-27-24-21-18-15-12-9-6-3/h7,10,16,19,25-26,28-29,32,35,41,44,50,53,62H,4-6,8-9,11-15,17-18,20-24,27,30-31,33-34,36-40,42-43,45-49,51-52,54-61H2,1-3H3/b10-7-,19-16-,28-25-,29-26-,35-32-,44-41-,53-50-/t62-/m1/s1. The van der Waals surface area contributed by atoms with Crippen molar-refractivity contribution in [1.82, 2.24) is 0 Å². The van der Waals surface area contributed by atoms with Gasteiger partial charge in [-0.15, -0.1) is 0 Å². The zero-order valence-electron chi connectivity index (χ0n) is 46.7. The second-order valence-electron chi connectivity index (χ2n) is 19.9. The van der Waals surface area contributed by atoms with Crippen molar-refractivity contribution in [2.24, 2.45) is 0 Å². The van der Waals surface area contributed by atoms with E-state index in [1.54, 1.807) is 0 Å². The molecule has 0 saturated heterocycles. The number of unbranched alkanes of at least 4 members (excludes halogenated alkanes) is 29. The van der Waals surface area contributed by atoms with Gasteiger partial charge in [-0.05, 0) is 83.5 Å². The average Bonchev–Trinajstić information content (AvgIpc) is 3.37. The van der Waals surface area contributed by atoms with E-state index in [1.807, 2.05) is 6.08 Å². The molecule has 0 amide bonds.